The molecule has 0 atom stereocenters. The standard InChI is InChI=1S/C15H25NO2/c1-4-16(12-14-10-8-7-9-11-14)13-15(17-5-2)18-6-3/h7-11,15H,4-6,12-13H2,1-3H3. The van der Waals surface area contributed by atoms with Gasteiger partial charge < -0.3 is 9.47 Å². The van der Waals surface area contributed by atoms with Gasteiger partial charge in [-0.2, -0.15) is 0 Å². The fraction of sp³-hybridized carbons (Fsp3) is 0.600. The molecule has 0 unspecified atom stereocenters. The van der Waals surface area contributed by atoms with E-state index in [1.54, 1.807) is 0 Å². The van der Waals surface area contributed by atoms with Crippen LogP contribution in [0.5, 0.6) is 0 Å². The van der Waals surface area contributed by atoms with Crippen LogP contribution in [0.25, 0.3) is 0 Å². The van der Waals surface area contributed by atoms with Crippen LogP contribution in [0, 0.1) is 0 Å². The van der Waals surface area contributed by atoms with Gasteiger partial charge in [-0.1, -0.05) is 37.3 Å². The highest BCUT2D eigenvalue weighted by Gasteiger charge is 2.13. The van der Waals surface area contributed by atoms with E-state index in [0.29, 0.717) is 13.2 Å². The van der Waals surface area contributed by atoms with E-state index in [0.717, 1.165) is 19.6 Å². The van der Waals surface area contributed by atoms with E-state index in [1.165, 1.54) is 5.56 Å². The molecule has 0 aliphatic carbocycles. The minimum absolute atomic E-state index is 0.122. The fourth-order valence-electron chi connectivity index (χ4n) is 1.88. The summed E-state index contributed by atoms with van der Waals surface area (Å²) < 4.78 is 11.2. The molecule has 0 saturated heterocycles. The Morgan fingerprint density at radius 1 is 1.00 bits per heavy atom. The molecule has 18 heavy (non-hydrogen) atoms. The van der Waals surface area contributed by atoms with Gasteiger partial charge in [0.1, 0.15) is 0 Å². The topological polar surface area (TPSA) is 21.7 Å². The summed E-state index contributed by atoms with van der Waals surface area (Å²) in [6, 6.07) is 10.5. The van der Waals surface area contributed by atoms with Crippen LogP contribution in [0.1, 0.15) is 26.3 Å². The fourth-order valence-corrected chi connectivity index (χ4v) is 1.88. The number of hydrogen-bond donors (Lipinski definition) is 0. The van der Waals surface area contributed by atoms with Crippen molar-refractivity contribution < 1.29 is 9.47 Å². The summed E-state index contributed by atoms with van der Waals surface area (Å²) >= 11 is 0. The first-order valence-electron chi connectivity index (χ1n) is 6.79. The first-order valence-corrected chi connectivity index (χ1v) is 6.79. The lowest BCUT2D eigenvalue weighted by Crippen LogP contribution is -2.35. The molecule has 0 aliphatic rings. The molecule has 0 fully saturated rings. The summed E-state index contributed by atoms with van der Waals surface area (Å²) in [5.41, 5.74) is 1.33. The van der Waals surface area contributed by atoms with Gasteiger partial charge in [-0.15, -0.1) is 0 Å². The molecule has 0 aromatic heterocycles. The Labute approximate surface area is 111 Å². The SMILES string of the molecule is CCOC(CN(CC)Cc1ccccc1)OCC. The molecule has 1 aromatic carbocycles. The molecule has 3 heteroatoms. The zero-order valence-electron chi connectivity index (χ0n) is 11.8. The minimum atomic E-state index is -0.122. The maximum atomic E-state index is 5.59. The Bertz CT molecular complexity index is 297. The number of rotatable bonds is 9. The third kappa shape index (κ3) is 5.63. The summed E-state index contributed by atoms with van der Waals surface area (Å²) in [5, 5.41) is 0. The summed E-state index contributed by atoms with van der Waals surface area (Å²) in [5.74, 6) is 0. The smallest absolute Gasteiger partial charge is 0.170 e. The maximum Gasteiger partial charge on any atom is 0.170 e. The third-order valence-electron chi connectivity index (χ3n) is 2.81. The molecular weight excluding hydrogens is 226 g/mol. The van der Waals surface area contributed by atoms with Crippen molar-refractivity contribution >= 4 is 0 Å². The predicted octanol–water partition coefficient (Wildman–Crippen LogP) is 2.91. The van der Waals surface area contributed by atoms with Crippen LogP contribution in [-0.2, 0) is 16.0 Å². The van der Waals surface area contributed by atoms with E-state index < -0.39 is 0 Å². The van der Waals surface area contributed by atoms with Gasteiger partial charge >= 0.3 is 0 Å². The van der Waals surface area contributed by atoms with E-state index in [9.17, 15) is 0 Å². The van der Waals surface area contributed by atoms with Crippen molar-refractivity contribution in [2.24, 2.45) is 0 Å². The largest absolute Gasteiger partial charge is 0.352 e. The third-order valence-corrected chi connectivity index (χ3v) is 2.81. The van der Waals surface area contributed by atoms with Crippen molar-refractivity contribution in [3.05, 3.63) is 35.9 Å². The predicted molar refractivity (Wildman–Crippen MR) is 74.4 cm³/mol. The number of ether oxygens (including phenoxy) is 2. The number of hydrogen-bond acceptors (Lipinski definition) is 3. The average molecular weight is 251 g/mol. The quantitative estimate of drug-likeness (QED) is 0.630. The summed E-state index contributed by atoms with van der Waals surface area (Å²) in [4.78, 5) is 2.34. The van der Waals surface area contributed by atoms with Gasteiger partial charge in [-0.25, -0.2) is 0 Å². The van der Waals surface area contributed by atoms with E-state index in [-0.39, 0.29) is 6.29 Å². The molecule has 0 spiro atoms. The molecule has 0 saturated carbocycles. The molecule has 3 nitrogen and oxygen atoms in total. The molecule has 1 aromatic rings. The van der Waals surface area contributed by atoms with Gasteiger partial charge in [0.2, 0.25) is 0 Å². The molecule has 0 radical (unpaired) electrons. The maximum absolute atomic E-state index is 5.59. The first-order chi connectivity index (χ1) is 8.80. The molecule has 0 amide bonds. The molecule has 0 heterocycles. The van der Waals surface area contributed by atoms with Crippen LogP contribution in [0.4, 0.5) is 0 Å². The molecular formula is C15H25NO2. The molecule has 0 aliphatic heterocycles. The summed E-state index contributed by atoms with van der Waals surface area (Å²) in [6.07, 6.45) is -0.122. The van der Waals surface area contributed by atoms with Crippen molar-refractivity contribution in [1.29, 1.82) is 0 Å². The lowest BCUT2D eigenvalue weighted by molar-refractivity contribution is -0.147. The zero-order chi connectivity index (χ0) is 13.2. The Morgan fingerprint density at radius 3 is 2.11 bits per heavy atom. The van der Waals surface area contributed by atoms with Crippen molar-refractivity contribution in [3.63, 3.8) is 0 Å². The lowest BCUT2D eigenvalue weighted by Gasteiger charge is -2.26. The Morgan fingerprint density at radius 2 is 1.61 bits per heavy atom. The van der Waals surface area contributed by atoms with Gasteiger partial charge in [0.15, 0.2) is 6.29 Å². The highest BCUT2D eigenvalue weighted by molar-refractivity contribution is 5.14. The van der Waals surface area contributed by atoms with Gasteiger partial charge in [0, 0.05) is 26.3 Å². The van der Waals surface area contributed by atoms with Crippen LogP contribution in [0.3, 0.4) is 0 Å². The number of likely N-dealkylation sites (N-methyl/N-ethyl adjacent to an activating group) is 1. The van der Waals surface area contributed by atoms with Crippen molar-refractivity contribution in [1.82, 2.24) is 4.90 Å². The normalized spacial score (nSPS) is 11.4. The highest BCUT2D eigenvalue weighted by Crippen LogP contribution is 2.07. The van der Waals surface area contributed by atoms with Crippen LogP contribution < -0.4 is 0 Å². The zero-order valence-corrected chi connectivity index (χ0v) is 11.8. The highest BCUT2D eigenvalue weighted by atomic mass is 16.7. The molecule has 0 bridgehead atoms. The van der Waals surface area contributed by atoms with Gasteiger partial charge in [-0.05, 0) is 26.0 Å². The molecule has 1 rings (SSSR count). The van der Waals surface area contributed by atoms with Crippen molar-refractivity contribution in [2.75, 3.05) is 26.3 Å². The van der Waals surface area contributed by atoms with E-state index in [2.05, 4.69) is 36.1 Å². The number of nitrogens with zero attached hydrogens (tertiary/aromatic N) is 1. The second-order valence-corrected chi connectivity index (χ2v) is 4.15. The lowest BCUT2D eigenvalue weighted by atomic mass is 10.2. The Kier molecular flexibility index (Phi) is 7.65. The van der Waals surface area contributed by atoms with Crippen molar-refractivity contribution in [3.8, 4) is 0 Å². The average Bonchev–Trinajstić information content (AvgIpc) is 2.39. The Balaban J connectivity index is 2.49. The Hall–Kier alpha value is -0.900. The van der Waals surface area contributed by atoms with Crippen LogP contribution in [-0.4, -0.2) is 37.5 Å². The van der Waals surface area contributed by atoms with Gasteiger partial charge in [0.05, 0.1) is 0 Å². The monoisotopic (exact) mass is 251 g/mol. The van der Waals surface area contributed by atoms with Crippen LogP contribution >= 0.6 is 0 Å². The van der Waals surface area contributed by atoms with E-state index in [4.69, 9.17) is 9.47 Å². The second-order valence-electron chi connectivity index (χ2n) is 4.15. The minimum Gasteiger partial charge on any atom is -0.352 e. The summed E-state index contributed by atoms with van der Waals surface area (Å²) in [7, 11) is 0. The first kappa shape index (κ1) is 15.2. The van der Waals surface area contributed by atoms with Gasteiger partial charge in [-0.3, -0.25) is 4.90 Å². The van der Waals surface area contributed by atoms with E-state index in [1.807, 2.05) is 19.9 Å². The number of benzene rings is 1. The van der Waals surface area contributed by atoms with E-state index >= 15 is 0 Å². The van der Waals surface area contributed by atoms with Crippen LogP contribution in [0.15, 0.2) is 30.3 Å². The molecule has 0 N–H and O–H groups in total. The second kappa shape index (κ2) is 9.09. The van der Waals surface area contributed by atoms with Gasteiger partial charge in [0.25, 0.3) is 0 Å². The molecule has 102 valence electrons. The van der Waals surface area contributed by atoms with Crippen LogP contribution in [0.2, 0.25) is 0 Å². The summed E-state index contributed by atoms with van der Waals surface area (Å²) in [6.45, 7) is 10.3. The van der Waals surface area contributed by atoms with Crippen molar-refractivity contribution in [2.45, 2.75) is 33.6 Å².